The van der Waals surface area contributed by atoms with E-state index in [1.54, 1.807) is 0 Å². The predicted molar refractivity (Wildman–Crippen MR) is 218 cm³/mol. The van der Waals surface area contributed by atoms with Crippen molar-refractivity contribution in [1.82, 2.24) is 0 Å². The van der Waals surface area contributed by atoms with E-state index in [9.17, 15) is 0 Å². The molecule has 1 nitrogen and oxygen atoms in total. The molecule has 0 spiro atoms. The quantitative estimate of drug-likeness (QED) is 0.137. The summed E-state index contributed by atoms with van der Waals surface area (Å²) in [5.74, 6) is 0. The van der Waals surface area contributed by atoms with Gasteiger partial charge in [-0.1, -0.05) is 170 Å². The molecule has 1 aromatic heterocycles. The molecule has 0 aliphatic rings. The van der Waals surface area contributed by atoms with Gasteiger partial charge in [-0.05, 0) is 88.4 Å². The molecule has 0 amide bonds. The highest BCUT2D eigenvalue weighted by Crippen LogP contribution is 2.50. The van der Waals surface area contributed by atoms with Crippen LogP contribution in [-0.4, -0.2) is 0 Å². The molecule has 0 N–H and O–H groups in total. The van der Waals surface area contributed by atoms with Gasteiger partial charge in [-0.15, -0.1) is 0 Å². The van der Waals surface area contributed by atoms with Crippen molar-refractivity contribution < 1.29 is 11.3 Å². The first-order chi connectivity index (χ1) is 27.4. The fraction of sp³-hybridized carbons (Fsp3) is 0. The zero-order valence-electron chi connectivity index (χ0n) is 32.3. The average Bonchev–Trinajstić information content (AvgIpc) is 3.65. The van der Waals surface area contributed by atoms with E-state index in [2.05, 4.69) is 121 Å². The van der Waals surface area contributed by atoms with E-state index in [1.807, 2.05) is 30.3 Å². The van der Waals surface area contributed by atoms with Gasteiger partial charge in [0.1, 0.15) is 11.2 Å². The molecule has 11 rings (SSSR count). The van der Waals surface area contributed by atoms with Gasteiger partial charge in [0, 0.05) is 21.7 Å². The Hall–Kier alpha value is -6.70. The first kappa shape index (κ1) is 23.6. The van der Waals surface area contributed by atoms with Crippen molar-refractivity contribution in [3.05, 3.63) is 182 Å². The van der Waals surface area contributed by atoms with E-state index in [0.29, 0.717) is 16.7 Å². The van der Waals surface area contributed by atoms with Gasteiger partial charge in [-0.2, -0.15) is 0 Å². The molecular formula is C50H30O. The van der Waals surface area contributed by atoms with Crippen molar-refractivity contribution in [2.24, 2.45) is 0 Å². The van der Waals surface area contributed by atoms with E-state index in [0.717, 1.165) is 65.3 Å². The average molecular weight is 652 g/mol. The highest BCUT2D eigenvalue weighted by Gasteiger charge is 2.23. The standard InChI is InChI=1S/C50H30O/c1-2-13-31(14-3-1)36-29-30-44(48-45-28-26-33-16-5-7-18-35(33)49(45)51-50(36)48)47-42-21-10-8-19-40(42)46(41-20-9-11-22-43(41)47)39-24-12-23-37-34-17-6-4-15-32(34)25-27-38(37)39/h1-30H/i1D,2D,3D,13D,14D. The van der Waals surface area contributed by atoms with Crippen molar-refractivity contribution in [1.29, 1.82) is 0 Å². The molecule has 236 valence electrons. The molecule has 10 aromatic carbocycles. The maximum absolute atomic E-state index is 8.94. The monoisotopic (exact) mass is 651 g/mol. The van der Waals surface area contributed by atoms with Crippen molar-refractivity contribution in [2.75, 3.05) is 0 Å². The summed E-state index contributed by atoms with van der Waals surface area (Å²) in [4.78, 5) is 0. The Labute approximate surface area is 301 Å². The number of fused-ring (bicyclic) bond motifs is 10. The second-order valence-corrected chi connectivity index (χ2v) is 13.2. The van der Waals surface area contributed by atoms with Gasteiger partial charge in [0.25, 0.3) is 0 Å². The van der Waals surface area contributed by atoms with Gasteiger partial charge >= 0.3 is 0 Å². The third kappa shape index (κ3) is 4.09. The lowest BCUT2D eigenvalue weighted by molar-refractivity contribution is 0.674. The van der Waals surface area contributed by atoms with Crippen molar-refractivity contribution >= 4 is 75.8 Å². The van der Waals surface area contributed by atoms with Crippen LogP contribution in [0.5, 0.6) is 0 Å². The highest BCUT2D eigenvalue weighted by atomic mass is 16.3. The van der Waals surface area contributed by atoms with Crippen LogP contribution in [0.1, 0.15) is 6.85 Å². The predicted octanol–water partition coefficient (Wildman–Crippen LogP) is 14.4. The molecule has 0 unspecified atom stereocenters. The van der Waals surface area contributed by atoms with Gasteiger partial charge in [0.2, 0.25) is 0 Å². The normalized spacial score (nSPS) is 13.3. The molecule has 0 radical (unpaired) electrons. The molecule has 11 aromatic rings. The lowest BCUT2D eigenvalue weighted by atomic mass is 9.83. The highest BCUT2D eigenvalue weighted by molar-refractivity contribution is 6.29. The van der Waals surface area contributed by atoms with Crippen LogP contribution >= 0.6 is 0 Å². The number of hydrogen-bond acceptors (Lipinski definition) is 1. The summed E-state index contributed by atoms with van der Waals surface area (Å²) in [6.45, 7) is 0. The van der Waals surface area contributed by atoms with Gasteiger partial charge < -0.3 is 4.42 Å². The minimum absolute atomic E-state index is 0.115. The molecule has 0 aliphatic heterocycles. The van der Waals surface area contributed by atoms with E-state index in [4.69, 9.17) is 11.3 Å². The minimum Gasteiger partial charge on any atom is -0.455 e. The molecular weight excluding hydrogens is 617 g/mol. The van der Waals surface area contributed by atoms with Crippen LogP contribution in [0.2, 0.25) is 0 Å². The summed E-state index contributed by atoms with van der Waals surface area (Å²) in [7, 11) is 0. The van der Waals surface area contributed by atoms with Crippen molar-refractivity contribution in [3.63, 3.8) is 0 Å². The summed E-state index contributed by atoms with van der Waals surface area (Å²) in [6, 6.07) is 51.2. The fourth-order valence-electron chi connectivity index (χ4n) is 8.36. The second-order valence-electron chi connectivity index (χ2n) is 13.2. The zero-order valence-corrected chi connectivity index (χ0v) is 27.3. The van der Waals surface area contributed by atoms with E-state index < -0.39 is 6.04 Å². The summed E-state index contributed by atoms with van der Waals surface area (Å²) < 4.78 is 50.1. The third-order valence-corrected chi connectivity index (χ3v) is 10.5. The second kappa shape index (κ2) is 10.9. The molecule has 0 saturated carbocycles. The largest absolute Gasteiger partial charge is 0.455 e. The van der Waals surface area contributed by atoms with Crippen molar-refractivity contribution in [2.45, 2.75) is 0 Å². The smallest absolute Gasteiger partial charge is 0.143 e. The van der Waals surface area contributed by atoms with E-state index in [-0.39, 0.29) is 29.7 Å². The first-order valence-corrected chi connectivity index (χ1v) is 17.2. The third-order valence-electron chi connectivity index (χ3n) is 10.5. The Morgan fingerprint density at radius 1 is 0.333 bits per heavy atom. The van der Waals surface area contributed by atoms with E-state index in [1.165, 1.54) is 21.5 Å². The Morgan fingerprint density at radius 2 is 0.863 bits per heavy atom. The minimum atomic E-state index is -0.426. The number of hydrogen-bond donors (Lipinski definition) is 0. The van der Waals surface area contributed by atoms with Crippen LogP contribution in [-0.2, 0) is 0 Å². The molecule has 0 fully saturated rings. The zero-order chi connectivity index (χ0) is 37.8. The lowest BCUT2D eigenvalue weighted by Gasteiger charge is -2.20. The molecule has 0 bridgehead atoms. The maximum atomic E-state index is 8.94. The van der Waals surface area contributed by atoms with Gasteiger partial charge in [-0.25, -0.2) is 0 Å². The first-order valence-electron chi connectivity index (χ1n) is 19.7. The summed E-state index contributed by atoms with van der Waals surface area (Å²) >= 11 is 0. The van der Waals surface area contributed by atoms with Crippen LogP contribution in [0.15, 0.2) is 186 Å². The Balaban J connectivity index is 1.30. The fourth-order valence-corrected chi connectivity index (χ4v) is 8.36. The van der Waals surface area contributed by atoms with Gasteiger partial charge in [-0.3, -0.25) is 0 Å². The lowest BCUT2D eigenvalue weighted by Crippen LogP contribution is -1.92. The van der Waals surface area contributed by atoms with Crippen LogP contribution in [0, 0.1) is 0 Å². The Kier molecular flexibility index (Phi) is 5.05. The van der Waals surface area contributed by atoms with Crippen molar-refractivity contribution in [3.8, 4) is 33.4 Å². The topological polar surface area (TPSA) is 13.1 Å². The van der Waals surface area contributed by atoms with Gasteiger partial charge in [0.15, 0.2) is 0 Å². The van der Waals surface area contributed by atoms with Crippen LogP contribution in [0.3, 0.4) is 0 Å². The Morgan fingerprint density at radius 3 is 1.55 bits per heavy atom. The maximum Gasteiger partial charge on any atom is 0.143 e. The summed E-state index contributed by atoms with van der Waals surface area (Å²) in [5, 5.41) is 12.9. The molecule has 0 atom stereocenters. The van der Waals surface area contributed by atoms with Crippen LogP contribution in [0.4, 0.5) is 0 Å². The molecule has 1 heteroatoms. The summed E-state index contributed by atoms with van der Waals surface area (Å²) in [5.41, 5.74) is 6.04. The number of benzene rings is 10. The summed E-state index contributed by atoms with van der Waals surface area (Å²) in [6.07, 6.45) is 0. The van der Waals surface area contributed by atoms with E-state index >= 15 is 0 Å². The van der Waals surface area contributed by atoms with Gasteiger partial charge in [0.05, 0.1) is 6.85 Å². The molecule has 51 heavy (non-hydrogen) atoms. The number of rotatable bonds is 3. The SMILES string of the molecule is [2H]c1c([2H])c([2H])c(-c2ccc(-c3c4ccccc4c(-c4cccc5c4ccc4ccccc45)c4ccccc34)c3c2oc2c4ccccc4ccc23)c([2H])c1[2H]. The molecule has 0 saturated heterocycles. The molecule has 0 aliphatic carbocycles. The Bertz CT molecular complexity index is 3400. The van der Waals surface area contributed by atoms with Crippen LogP contribution < -0.4 is 0 Å². The van der Waals surface area contributed by atoms with Crippen LogP contribution in [0.25, 0.3) is 109 Å². The number of furan rings is 1. The molecule has 1 heterocycles.